The second-order valence-electron chi connectivity index (χ2n) is 6.84. The Morgan fingerprint density at radius 3 is 2.81 bits per heavy atom. The van der Waals surface area contributed by atoms with Gasteiger partial charge in [-0.05, 0) is 18.2 Å². The molecule has 0 bridgehead atoms. The molecule has 0 saturated carbocycles. The van der Waals surface area contributed by atoms with Gasteiger partial charge in [0.25, 0.3) is 0 Å². The number of ether oxygens (including phenoxy) is 1. The molecule has 1 aromatic heterocycles. The van der Waals surface area contributed by atoms with Gasteiger partial charge in [0.15, 0.2) is 0 Å². The molecule has 0 unspecified atom stereocenters. The summed E-state index contributed by atoms with van der Waals surface area (Å²) in [4.78, 5) is 27.2. The first-order chi connectivity index (χ1) is 12.8. The molecule has 2 saturated heterocycles. The van der Waals surface area contributed by atoms with Crippen LogP contribution in [0.4, 0.5) is 5.69 Å². The van der Waals surface area contributed by atoms with Gasteiger partial charge >= 0.3 is 0 Å². The van der Waals surface area contributed by atoms with Gasteiger partial charge in [-0.1, -0.05) is 0 Å². The number of carbonyl (C=O) groups is 1. The third-order valence-corrected chi connectivity index (χ3v) is 5.23. The molecular formula is C19H25N5O2. The number of carbonyl (C=O) groups excluding carboxylic acids is 1. The van der Waals surface area contributed by atoms with Gasteiger partial charge in [-0.2, -0.15) is 0 Å². The second kappa shape index (κ2) is 7.97. The van der Waals surface area contributed by atoms with E-state index in [4.69, 9.17) is 4.74 Å². The molecule has 3 heterocycles. The molecular weight excluding hydrogens is 330 g/mol. The highest BCUT2D eigenvalue weighted by atomic mass is 16.5. The minimum Gasteiger partial charge on any atom is -0.379 e. The van der Waals surface area contributed by atoms with Gasteiger partial charge in [0.1, 0.15) is 6.33 Å². The van der Waals surface area contributed by atoms with Crippen molar-refractivity contribution in [1.82, 2.24) is 19.8 Å². The first kappa shape index (κ1) is 17.2. The molecule has 7 nitrogen and oxygen atoms in total. The predicted molar refractivity (Wildman–Crippen MR) is 100 cm³/mol. The van der Waals surface area contributed by atoms with Crippen molar-refractivity contribution in [3.8, 4) is 0 Å². The summed E-state index contributed by atoms with van der Waals surface area (Å²) >= 11 is 0. The molecule has 0 spiro atoms. The lowest BCUT2D eigenvalue weighted by molar-refractivity contribution is -0.130. The van der Waals surface area contributed by atoms with Crippen molar-refractivity contribution in [3.05, 3.63) is 30.7 Å². The Morgan fingerprint density at radius 2 is 1.92 bits per heavy atom. The number of hydrogen-bond donors (Lipinski definition) is 0. The van der Waals surface area contributed by atoms with Crippen LogP contribution in [0.3, 0.4) is 0 Å². The molecule has 0 N–H and O–H groups in total. The predicted octanol–water partition coefficient (Wildman–Crippen LogP) is 1.00. The summed E-state index contributed by atoms with van der Waals surface area (Å²) in [7, 11) is 0. The molecule has 0 radical (unpaired) electrons. The number of fused-ring (bicyclic) bond motifs is 1. The van der Waals surface area contributed by atoms with E-state index in [-0.39, 0.29) is 5.91 Å². The van der Waals surface area contributed by atoms with Crippen molar-refractivity contribution >= 4 is 22.5 Å². The topological polar surface area (TPSA) is 61.8 Å². The van der Waals surface area contributed by atoms with Gasteiger partial charge in [-0.15, -0.1) is 0 Å². The van der Waals surface area contributed by atoms with E-state index in [0.29, 0.717) is 19.6 Å². The maximum Gasteiger partial charge on any atom is 0.225 e. The molecule has 2 aromatic rings. The Hall–Kier alpha value is -2.25. The van der Waals surface area contributed by atoms with Gasteiger partial charge in [0.05, 0.1) is 25.2 Å². The summed E-state index contributed by atoms with van der Waals surface area (Å²) < 4.78 is 5.39. The molecule has 138 valence electrons. The summed E-state index contributed by atoms with van der Waals surface area (Å²) in [6, 6.07) is 6.37. The molecule has 1 aromatic carbocycles. The Labute approximate surface area is 153 Å². The summed E-state index contributed by atoms with van der Waals surface area (Å²) in [6.07, 6.45) is 3.96. The molecule has 4 rings (SSSR count). The Kier molecular flexibility index (Phi) is 5.26. The van der Waals surface area contributed by atoms with E-state index in [1.165, 1.54) is 5.69 Å². The van der Waals surface area contributed by atoms with Gasteiger partial charge in [0, 0.05) is 63.1 Å². The fraction of sp³-hybridized carbons (Fsp3) is 0.526. The summed E-state index contributed by atoms with van der Waals surface area (Å²) in [5, 5.41) is 1.08. The van der Waals surface area contributed by atoms with Crippen LogP contribution in [0.1, 0.15) is 6.42 Å². The zero-order chi connectivity index (χ0) is 17.8. The number of nitrogens with zero attached hydrogens (tertiary/aromatic N) is 5. The molecule has 2 aliphatic heterocycles. The van der Waals surface area contributed by atoms with Crippen molar-refractivity contribution in [2.24, 2.45) is 0 Å². The van der Waals surface area contributed by atoms with Crippen LogP contribution in [-0.4, -0.2) is 84.7 Å². The number of piperazine rings is 1. The van der Waals surface area contributed by atoms with Crippen LogP contribution in [0.25, 0.3) is 10.9 Å². The third kappa shape index (κ3) is 3.94. The fourth-order valence-corrected chi connectivity index (χ4v) is 3.62. The summed E-state index contributed by atoms with van der Waals surface area (Å²) in [6.45, 7) is 7.70. The third-order valence-electron chi connectivity index (χ3n) is 5.23. The lowest BCUT2D eigenvalue weighted by atomic mass is 10.2. The number of rotatable bonds is 4. The number of amides is 1. The molecule has 26 heavy (non-hydrogen) atoms. The van der Waals surface area contributed by atoms with Crippen molar-refractivity contribution < 1.29 is 9.53 Å². The average Bonchev–Trinajstić information content (AvgIpc) is 2.90. The molecule has 0 aliphatic carbocycles. The van der Waals surface area contributed by atoms with E-state index in [9.17, 15) is 4.79 Å². The largest absolute Gasteiger partial charge is 0.379 e. The number of benzene rings is 1. The van der Waals surface area contributed by atoms with E-state index in [2.05, 4.69) is 38.0 Å². The van der Waals surface area contributed by atoms with Gasteiger partial charge in [-0.25, -0.2) is 9.97 Å². The first-order valence-corrected chi connectivity index (χ1v) is 9.32. The van der Waals surface area contributed by atoms with E-state index >= 15 is 0 Å². The summed E-state index contributed by atoms with van der Waals surface area (Å²) in [5.74, 6) is 0.222. The maximum absolute atomic E-state index is 12.0. The average molecular weight is 355 g/mol. The van der Waals surface area contributed by atoms with Gasteiger partial charge in [0.2, 0.25) is 5.91 Å². The quantitative estimate of drug-likeness (QED) is 0.815. The van der Waals surface area contributed by atoms with Crippen molar-refractivity contribution in [2.75, 3.05) is 63.9 Å². The molecule has 7 heteroatoms. The standard InChI is InChI=1S/C19H25N5O2/c25-19-3-11-26-12-10-24(19)9-6-22-4-7-23(8-5-22)17-1-2-18-16(13-17)14-20-15-21-18/h1-2,13-15H,3-12H2. The highest BCUT2D eigenvalue weighted by Gasteiger charge is 2.20. The minimum atomic E-state index is 0.222. The SMILES string of the molecule is O=C1CCOCCN1CCN1CCN(c2ccc3ncncc3c2)CC1. The zero-order valence-electron chi connectivity index (χ0n) is 15.0. The molecule has 2 aliphatic rings. The maximum atomic E-state index is 12.0. The normalized spacial score (nSPS) is 19.8. The van der Waals surface area contributed by atoms with Crippen molar-refractivity contribution in [3.63, 3.8) is 0 Å². The van der Waals surface area contributed by atoms with E-state index in [0.717, 1.165) is 56.7 Å². The molecule has 0 atom stereocenters. The molecule has 2 fully saturated rings. The number of aromatic nitrogens is 2. The lowest BCUT2D eigenvalue weighted by Gasteiger charge is -2.37. The van der Waals surface area contributed by atoms with E-state index < -0.39 is 0 Å². The van der Waals surface area contributed by atoms with Crippen LogP contribution < -0.4 is 4.90 Å². The molecule has 1 amide bonds. The van der Waals surface area contributed by atoms with Crippen LogP contribution in [0.2, 0.25) is 0 Å². The van der Waals surface area contributed by atoms with Crippen LogP contribution in [-0.2, 0) is 9.53 Å². The van der Waals surface area contributed by atoms with Crippen LogP contribution in [0.5, 0.6) is 0 Å². The second-order valence-corrected chi connectivity index (χ2v) is 6.84. The fourth-order valence-electron chi connectivity index (χ4n) is 3.62. The highest BCUT2D eigenvalue weighted by Crippen LogP contribution is 2.21. The Morgan fingerprint density at radius 1 is 1.04 bits per heavy atom. The van der Waals surface area contributed by atoms with E-state index in [1.807, 2.05) is 11.1 Å². The monoisotopic (exact) mass is 355 g/mol. The van der Waals surface area contributed by atoms with Crippen LogP contribution in [0, 0.1) is 0 Å². The van der Waals surface area contributed by atoms with Gasteiger partial charge in [-0.3, -0.25) is 9.69 Å². The van der Waals surface area contributed by atoms with Crippen LogP contribution in [0.15, 0.2) is 30.7 Å². The Balaban J connectivity index is 1.30. The number of hydrogen-bond acceptors (Lipinski definition) is 6. The highest BCUT2D eigenvalue weighted by molar-refractivity contribution is 5.81. The van der Waals surface area contributed by atoms with E-state index in [1.54, 1.807) is 6.33 Å². The first-order valence-electron chi connectivity index (χ1n) is 9.32. The lowest BCUT2D eigenvalue weighted by Crippen LogP contribution is -2.49. The number of anilines is 1. The summed E-state index contributed by atoms with van der Waals surface area (Å²) in [5.41, 5.74) is 2.21. The van der Waals surface area contributed by atoms with Crippen molar-refractivity contribution in [1.29, 1.82) is 0 Å². The van der Waals surface area contributed by atoms with Crippen molar-refractivity contribution in [2.45, 2.75) is 6.42 Å². The van der Waals surface area contributed by atoms with Gasteiger partial charge < -0.3 is 14.5 Å². The minimum absolute atomic E-state index is 0.222. The Bertz CT molecular complexity index is 760. The zero-order valence-corrected chi connectivity index (χ0v) is 15.0. The smallest absolute Gasteiger partial charge is 0.225 e. The van der Waals surface area contributed by atoms with Crippen LogP contribution >= 0.6 is 0 Å².